The number of methoxy groups -OCH3 is 2. The number of ether oxygens (including phenoxy) is 2. The number of aromatic amines is 1. The molecule has 32 heavy (non-hydrogen) atoms. The fourth-order valence-electron chi connectivity index (χ4n) is 3.29. The number of benzene rings is 2. The number of fused-ring (bicyclic) bond motifs is 1. The second-order valence-electron chi connectivity index (χ2n) is 7.51. The van der Waals surface area contributed by atoms with Gasteiger partial charge in [-0.1, -0.05) is 12.1 Å². The smallest absolute Gasteiger partial charge is 0.281 e. The van der Waals surface area contributed by atoms with Gasteiger partial charge in [-0.3, -0.25) is 4.79 Å². The summed E-state index contributed by atoms with van der Waals surface area (Å²) in [6.07, 6.45) is 3.77. The zero-order chi connectivity index (χ0) is 23.3. The molecule has 0 unspecified atom stereocenters. The van der Waals surface area contributed by atoms with E-state index in [9.17, 15) is 4.79 Å². The number of aromatic nitrogens is 2. The van der Waals surface area contributed by atoms with Gasteiger partial charge in [-0.25, -0.2) is 4.99 Å². The minimum absolute atomic E-state index is 0.306. The number of nitrogens with one attached hydrogen (secondary N) is 2. The van der Waals surface area contributed by atoms with Crippen molar-refractivity contribution in [1.29, 1.82) is 0 Å². The van der Waals surface area contributed by atoms with Gasteiger partial charge in [-0.2, -0.15) is 4.98 Å². The van der Waals surface area contributed by atoms with Gasteiger partial charge in [0.2, 0.25) is 0 Å². The van der Waals surface area contributed by atoms with Crippen LogP contribution in [0.5, 0.6) is 11.5 Å². The molecule has 0 atom stereocenters. The minimum atomic E-state index is -0.306. The third-order valence-electron chi connectivity index (χ3n) is 5.11. The summed E-state index contributed by atoms with van der Waals surface area (Å²) in [5.74, 6) is 2.55. The van der Waals surface area contributed by atoms with Gasteiger partial charge in [-0.15, -0.1) is 0 Å². The number of hydrogen-bond donors (Lipinski definition) is 2. The molecule has 8 heteroatoms. The van der Waals surface area contributed by atoms with Crippen LogP contribution in [0.4, 0.5) is 5.69 Å². The fourth-order valence-corrected chi connectivity index (χ4v) is 3.29. The maximum absolute atomic E-state index is 12.6. The number of nitrogens with zero attached hydrogens (tertiary/aromatic N) is 3. The van der Waals surface area contributed by atoms with Crippen LogP contribution in [-0.4, -0.2) is 49.0 Å². The summed E-state index contributed by atoms with van der Waals surface area (Å²) in [4.78, 5) is 26.6. The van der Waals surface area contributed by atoms with Gasteiger partial charge >= 0.3 is 0 Å². The van der Waals surface area contributed by atoms with Gasteiger partial charge in [0.25, 0.3) is 5.56 Å². The molecule has 0 fully saturated rings. The molecule has 0 saturated carbocycles. The van der Waals surface area contributed by atoms with Crippen molar-refractivity contribution >= 4 is 28.5 Å². The van der Waals surface area contributed by atoms with E-state index in [1.807, 2.05) is 69.4 Å². The van der Waals surface area contributed by atoms with Crippen LogP contribution in [0.2, 0.25) is 0 Å². The minimum Gasteiger partial charge on any atom is -0.493 e. The summed E-state index contributed by atoms with van der Waals surface area (Å²) in [7, 11) is 7.04. The quantitative estimate of drug-likeness (QED) is 0.435. The second-order valence-corrected chi connectivity index (χ2v) is 7.51. The van der Waals surface area contributed by atoms with Crippen LogP contribution in [0.15, 0.2) is 46.3 Å². The molecule has 2 aromatic carbocycles. The average Bonchev–Trinajstić information content (AvgIpc) is 2.76. The number of H-pyrrole nitrogens is 1. The molecule has 8 nitrogen and oxygen atoms in total. The largest absolute Gasteiger partial charge is 0.493 e. The van der Waals surface area contributed by atoms with Crippen LogP contribution in [0, 0.1) is 6.92 Å². The van der Waals surface area contributed by atoms with E-state index in [1.165, 1.54) is 0 Å². The Kier molecular flexibility index (Phi) is 7.14. The maximum atomic E-state index is 12.6. The van der Waals surface area contributed by atoms with Crippen molar-refractivity contribution in [2.24, 2.45) is 4.99 Å². The Bertz CT molecular complexity index is 1230. The number of aryl methyl sites for hydroxylation is 1. The second kappa shape index (κ2) is 10.00. The first-order chi connectivity index (χ1) is 15.3. The van der Waals surface area contributed by atoms with E-state index in [0.29, 0.717) is 40.3 Å². The van der Waals surface area contributed by atoms with Gasteiger partial charge < -0.3 is 24.7 Å². The molecule has 0 radical (unpaired) electrons. The lowest BCUT2D eigenvalue weighted by atomic mass is 10.1. The van der Waals surface area contributed by atoms with Crippen LogP contribution in [-0.2, 0) is 6.54 Å². The number of amidine groups is 1. The SMILES string of the molecule is COc1cc2[nH]c(CN/C=C/c3cccc(/N=C(\C)N(C)C)c3)nc(=O)c2c(C)c1OC. The summed E-state index contributed by atoms with van der Waals surface area (Å²) in [6, 6.07) is 9.69. The summed E-state index contributed by atoms with van der Waals surface area (Å²) in [5, 5.41) is 3.67. The van der Waals surface area contributed by atoms with Gasteiger partial charge in [-0.05, 0) is 43.8 Å². The van der Waals surface area contributed by atoms with Crippen molar-refractivity contribution in [1.82, 2.24) is 20.2 Å². The van der Waals surface area contributed by atoms with E-state index in [1.54, 1.807) is 20.3 Å². The van der Waals surface area contributed by atoms with Crippen molar-refractivity contribution < 1.29 is 9.47 Å². The number of aliphatic imine (C=N–C) groups is 1. The van der Waals surface area contributed by atoms with Crippen LogP contribution in [0.1, 0.15) is 23.9 Å². The van der Waals surface area contributed by atoms with Gasteiger partial charge in [0.15, 0.2) is 11.5 Å². The lowest BCUT2D eigenvalue weighted by Gasteiger charge is -2.13. The van der Waals surface area contributed by atoms with E-state index < -0.39 is 0 Å². The summed E-state index contributed by atoms with van der Waals surface area (Å²) in [5.41, 5.74) is 2.95. The highest BCUT2D eigenvalue weighted by molar-refractivity contribution is 5.86. The Morgan fingerprint density at radius 1 is 1.25 bits per heavy atom. The molecule has 0 amide bonds. The predicted octanol–water partition coefficient (Wildman–Crippen LogP) is 3.62. The Balaban J connectivity index is 1.76. The lowest BCUT2D eigenvalue weighted by Crippen LogP contribution is -2.17. The Morgan fingerprint density at radius 3 is 2.72 bits per heavy atom. The number of rotatable bonds is 7. The third kappa shape index (κ3) is 5.08. The van der Waals surface area contributed by atoms with Crippen molar-refractivity contribution in [2.45, 2.75) is 20.4 Å². The van der Waals surface area contributed by atoms with E-state index in [2.05, 4.69) is 20.3 Å². The van der Waals surface area contributed by atoms with Crippen LogP contribution < -0.4 is 20.3 Å². The molecule has 3 aromatic rings. The molecule has 2 N–H and O–H groups in total. The summed E-state index contributed by atoms with van der Waals surface area (Å²) < 4.78 is 10.8. The van der Waals surface area contributed by atoms with Gasteiger partial charge in [0.1, 0.15) is 11.7 Å². The molecule has 0 spiro atoms. The van der Waals surface area contributed by atoms with Crippen LogP contribution >= 0.6 is 0 Å². The first-order valence-corrected chi connectivity index (χ1v) is 10.2. The molecular weight excluding hydrogens is 406 g/mol. The highest BCUT2D eigenvalue weighted by atomic mass is 16.5. The highest BCUT2D eigenvalue weighted by Gasteiger charge is 2.15. The van der Waals surface area contributed by atoms with Crippen LogP contribution in [0.3, 0.4) is 0 Å². The molecule has 0 saturated heterocycles. The van der Waals surface area contributed by atoms with Gasteiger partial charge in [0, 0.05) is 25.7 Å². The van der Waals surface area contributed by atoms with E-state index >= 15 is 0 Å². The first-order valence-electron chi connectivity index (χ1n) is 10.2. The van der Waals surface area contributed by atoms with Crippen molar-refractivity contribution in [3.63, 3.8) is 0 Å². The van der Waals surface area contributed by atoms with Gasteiger partial charge in [0.05, 0.1) is 37.4 Å². The molecule has 1 heterocycles. The van der Waals surface area contributed by atoms with Crippen molar-refractivity contribution in [2.75, 3.05) is 28.3 Å². The first kappa shape index (κ1) is 22.9. The van der Waals surface area contributed by atoms with E-state index in [-0.39, 0.29) is 5.56 Å². The Labute approximate surface area is 187 Å². The summed E-state index contributed by atoms with van der Waals surface area (Å²) in [6.45, 7) is 4.15. The molecule has 0 aliphatic heterocycles. The number of hydrogen-bond acceptors (Lipinski definition) is 6. The molecular formula is C24H29N5O3. The zero-order valence-corrected chi connectivity index (χ0v) is 19.3. The molecule has 0 aliphatic rings. The standard InChI is InChI=1S/C24H29N5O3/c1-15-22-19(13-20(31-5)23(15)32-6)27-21(28-24(22)30)14-25-11-10-17-8-7-9-18(12-17)26-16(2)29(3)4/h7-13,25H,14H2,1-6H3,(H,27,28,30)/b11-10+,26-16+. The topological polar surface area (TPSA) is 91.8 Å². The monoisotopic (exact) mass is 435 g/mol. The average molecular weight is 436 g/mol. The summed E-state index contributed by atoms with van der Waals surface area (Å²) >= 11 is 0. The highest BCUT2D eigenvalue weighted by Crippen LogP contribution is 2.34. The fraction of sp³-hybridized carbons (Fsp3) is 0.292. The van der Waals surface area contributed by atoms with E-state index in [4.69, 9.17) is 9.47 Å². The molecule has 168 valence electrons. The van der Waals surface area contributed by atoms with Crippen molar-refractivity contribution in [3.05, 3.63) is 63.8 Å². The lowest BCUT2D eigenvalue weighted by molar-refractivity contribution is 0.354. The molecule has 1 aromatic heterocycles. The zero-order valence-electron chi connectivity index (χ0n) is 19.3. The predicted molar refractivity (Wildman–Crippen MR) is 129 cm³/mol. The maximum Gasteiger partial charge on any atom is 0.281 e. The van der Waals surface area contributed by atoms with Crippen molar-refractivity contribution in [3.8, 4) is 11.5 Å². The molecule has 3 rings (SSSR count). The van der Waals surface area contributed by atoms with E-state index in [0.717, 1.165) is 17.1 Å². The third-order valence-corrected chi connectivity index (χ3v) is 5.11. The normalized spacial score (nSPS) is 11.8. The molecule has 0 aliphatic carbocycles. The molecule has 0 bridgehead atoms. The van der Waals surface area contributed by atoms with Crippen LogP contribution in [0.25, 0.3) is 17.0 Å². The Hall–Kier alpha value is -3.81. The Morgan fingerprint density at radius 2 is 2.03 bits per heavy atom.